The molecule has 1 aliphatic heterocycles. The summed E-state index contributed by atoms with van der Waals surface area (Å²) in [5.41, 5.74) is 0.356. The number of fused-ring (bicyclic) bond motifs is 1. The summed E-state index contributed by atoms with van der Waals surface area (Å²) in [6.07, 6.45) is 2.18. The molecule has 1 heterocycles. The van der Waals surface area contributed by atoms with Crippen LogP contribution < -0.4 is 4.74 Å². The molecule has 0 saturated heterocycles. The third-order valence-corrected chi connectivity index (χ3v) is 3.04. The first kappa shape index (κ1) is 12.8. The summed E-state index contributed by atoms with van der Waals surface area (Å²) in [5, 5.41) is 8.68. The van der Waals surface area contributed by atoms with E-state index in [0.717, 1.165) is 12.8 Å². The van der Waals surface area contributed by atoms with Crippen molar-refractivity contribution in [1.29, 1.82) is 0 Å². The van der Waals surface area contributed by atoms with Gasteiger partial charge < -0.3 is 9.84 Å². The average molecular weight is 248 g/mol. The highest BCUT2D eigenvalue weighted by Gasteiger charge is 2.34. The predicted octanol–water partition coefficient (Wildman–Crippen LogP) is 1.75. The molecule has 0 amide bonds. The Balaban J connectivity index is 2.03. The van der Waals surface area contributed by atoms with Crippen LogP contribution in [0.3, 0.4) is 0 Å². The van der Waals surface area contributed by atoms with Crippen LogP contribution >= 0.6 is 0 Å². The van der Waals surface area contributed by atoms with Gasteiger partial charge in [0.05, 0.1) is 5.56 Å². The Bertz CT molecular complexity index is 453. The number of aliphatic hydroxyl groups is 1. The molecule has 4 nitrogen and oxygen atoms in total. The fourth-order valence-electron chi connectivity index (χ4n) is 2.05. The minimum absolute atomic E-state index is 0.154. The maximum absolute atomic E-state index is 11.8. The zero-order chi connectivity index (χ0) is 13.0. The van der Waals surface area contributed by atoms with Crippen LogP contribution in [0.25, 0.3) is 0 Å². The third kappa shape index (κ3) is 2.59. The summed E-state index contributed by atoms with van der Waals surface area (Å²) < 4.78 is 5.56. The van der Waals surface area contributed by atoms with Gasteiger partial charge in [0.1, 0.15) is 5.75 Å². The van der Waals surface area contributed by atoms with Crippen molar-refractivity contribution in [3.05, 3.63) is 29.8 Å². The van der Waals surface area contributed by atoms with Crippen LogP contribution in [0.5, 0.6) is 5.75 Å². The number of benzene rings is 1. The summed E-state index contributed by atoms with van der Waals surface area (Å²) in [7, 11) is 0. The summed E-state index contributed by atoms with van der Waals surface area (Å²) in [5.74, 6) is -0.420. The van der Waals surface area contributed by atoms with Crippen molar-refractivity contribution < 1.29 is 19.4 Å². The van der Waals surface area contributed by atoms with Crippen LogP contribution in [0.4, 0.5) is 0 Å². The lowest BCUT2D eigenvalue weighted by Crippen LogP contribution is -2.38. The van der Waals surface area contributed by atoms with E-state index in [9.17, 15) is 9.59 Å². The summed E-state index contributed by atoms with van der Waals surface area (Å²) in [4.78, 5) is 23.7. The van der Waals surface area contributed by atoms with E-state index in [-0.39, 0.29) is 6.61 Å². The number of carbonyl (C=O) groups excluding carboxylic acids is 2. The molecule has 1 N–H and O–H groups in total. The van der Waals surface area contributed by atoms with Gasteiger partial charge in [-0.05, 0) is 31.4 Å². The summed E-state index contributed by atoms with van der Waals surface area (Å²) in [6, 6.07) is 6.82. The third-order valence-electron chi connectivity index (χ3n) is 3.04. The maximum Gasteiger partial charge on any atom is 0.243 e. The van der Waals surface area contributed by atoms with E-state index in [1.54, 1.807) is 24.3 Å². The molecule has 0 aliphatic carbocycles. The number of rotatable bonds is 5. The smallest absolute Gasteiger partial charge is 0.243 e. The Hall–Kier alpha value is -1.68. The largest absolute Gasteiger partial charge is 0.481 e. The molecule has 0 fully saturated rings. The molecular formula is C14H16O4. The highest BCUT2D eigenvalue weighted by Crippen LogP contribution is 2.27. The van der Waals surface area contributed by atoms with E-state index in [1.165, 1.54) is 0 Å². The molecule has 0 saturated carbocycles. The van der Waals surface area contributed by atoms with E-state index in [1.807, 2.05) is 0 Å². The molecule has 2 rings (SSSR count). The minimum Gasteiger partial charge on any atom is -0.481 e. The van der Waals surface area contributed by atoms with Crippen LogP contribution in [0.2, 0.25) is 0 Å². The first-order valence-corrected chi connectivity index (χ1v) is 6.19. The van der Waals surface area contributed by atoms with Crippen LogP contribution in [0, 0.1) is 0 Å². The first-order chi connectivity index (χ1) is 8.74. The molecule has 1 atom stereocenters. The fourth-order valence-corrected chi connectivity index (χ4v) is 2.05. The van der Waals surface area contributed by atoms with Gasteiger partial charge in [-0.3, -0.25) is 9.59 Å². The molecule has 0 spiro atoms. The lowest BCUT2D eigenvalue weighted by atomic mass is 9.96. The number of hydrogen-bond donors (Lipinski definition) is 1. The second kappa shape index (κ2) is 5.78. The Morgan fingerprint density at radius 1 is 1.11 bits per heavy atom. The topological polar surface area (TPSA) is 63.6 Å². The number of Topliss-reactive ketones (excluding diaryl/α,β-unsaturated/α-hetero) is 2. The number of unbranched alkanes of at least 4 members (excludes halogenated alkanes) is 2. The molecule has 4 heteroatoms. The average Bonchev–Trinajstić information content (AvgIpc) is 2.40. The molecule has 1 aromatic carbocycles. The lowest BCUT2D eigenvalue weighted by molar-refractivity contribution is -0.122. The molecule has 0 bridgehead atoms. The van der Waals surface area contributed by atoms with Crippen molar-refractivity contribution in [3.8, 4) is 5.75 Å². The molecule has 96 valence electrons. The van der Waals surface area contributed by atoms with Gasteiger partial charge in [0.2, 0.25) is 11.6 Å². The predicted molar refractivity (Wildman–Crippen MR) is 65.7 cm³/mol. The van der Waals surface area contributed by atoms with Crippen LogP contribution in [0.1, 0.15) is 36.0 Å². The first-order valence-electron chi connectivity index (χ1n) is 6.19. The van der Waals surface area contributed by atoms with Gasteiger partial charge >= 0.3 is 0 Å². The van der Waals surface area contributed by atoms with Crippen LogP contribution in [0.15, 0.2) is 24.3 Å². The van der Waals surface area contributed by atoms with E-state index in [4.69, 9.17) is 9.84 Å². The number of carbonyl (C=O) groups is 2. The quantitative estimate of drug-likeness (QED) is 0.637. The molecule has 0 radical (unpaired) electrons. The summed E-state index contributed by atoms with van der Waals surface area (Å²) >= 11 is 0. The highest BCUT2D eigenvalue weighted by atomic mass is 16.5. The molecule has 1 aromatic rings. The van der Waals surface area contributed by atoms with E-state index < -0.39 is 17.7 Å². The van der Waals surface area contributed by atoms with Gasteiger partial charge in [0.15, 0.2) is 6.10 Å². The number of ether oxygens (including phenoxy) is 1. The second-order valence-corrected chi connectivity index (χ2v) is 4.37. The molecule has 18 heavy (non-hydrogen) atoms. The van der Waals surface area contributed by atoms with Gasteiger partial charge in [0.25, 0.3) is 0 Å². The number of aliphatic hydroxyl groups excluding tert-OH is 1. The van der Waals surface area contributed by atoms with Crippen molar-refractivity contribution in [2.75, 3.05) is 6.61 Å². The number of ketones is 2. The fraction of sp³-hybridized carbons (Fsp3) is 0.429. The van der Waals surface area contributed by atoms with E-state index >= 15 is 0 Å². The van der Waals surface area contributed by atoms with Crippen molar-refractivity contribution >= 4 is 11.6 Å². The van der Waals surface area contributed by atoms with E-state index in [2.05, 4.69) is 0 Å². The Morgan fingerprint density at radius 3 is 2.67 bits per heavy atom. The summed E-state index contributed by atoms with van der Waals surface area (Å²) in [6.45, 7) is 0.154. The maximum atomic E-state index is 11.8. The van der Waals surface area contributed by atoms with Gasteiger partial charge in [-0.2, -0.15) is 0 Å². The van der Waals surface area contributed by atoms with Gasteiger partial charge in [-0.1, -0.05) is 18.6 Å². The normalized spacial score (nSPS) is 18.4. The van der Waals surface area contributed by atoms with Crippen molar-refractivity contribution in [2.45, 2.75) is 31.8 Å². The van der Waals surface area contributed by atoms with Gasteiger partial charge in [0, 0.05) is 6.61 Å². The minimum atomic E-state index is -0.661. The molecular weight excluding hydrogens is 232 g/mol. The molecule has 1 aliphatic rings. The van der Waals surface area contributed by atoms with Crippen molar-refractivity contribution in [3.63, 3.8) is 0 Å². The van der Waals surface area contributed by atoms with Crippen LogP contribution in [-0.2, 0) is 4.79 Å². The molecule has 1 unspecified atom stereocenters. The van der Waals surface area contributed by atoms with Gasteiger partial charge in [-0.15, -0.1) is 0 Å². The standard InChI is InChI=1S/C14H16O4/c15-9-5-1-2-8-12-14(17)13(16)10-6-3-4-7-11(10)18-12/h3-4,6-7,12,15H,1-2,5,8-9H2. The van der Waals surface area contributed by atoms with Crippen LogP contribution in [-0.4, -0.2) is 29.4 Å². The van der Waals surface area contributed by atoms with Crippen molar-refractivity contribution in [2.24, 2.45) is 0 Å². The SMILES string of the molecule is O=C1C(=O)C(CCCCCO)Oc2ccccc21. The zero-order valence-electron chi connectivity index (χ0n) is 10.1. The number of hydrogen-bond acceptors (Lipinski definition) is 4. The lowest BCUT2D eigenvalue weighted by Gasteiger charge is -2.23. The Kier molecular flexibility index (Phi) is 4.10. The van der Waals surface area contributed by atoms with Gasteiger partial charge in [-0.25, -0.2) is 0 Å². The van der Waals surface area contributed by atoms with E-state index in [0.29, 0.717) is 24.2 Å². The molecule has 0 aromatic heterocycles. The Morgan fingerprint density at radius 2 is 1.89 bits per heavy atom. The number of para-hydroxylation sites is 1. The van der Waals surface area contributed by atoms with Crippen molar-refractivity contribution in [1.82, 2.24) is 0 Å². The monoisotopic (exact) mass is 248 g/mol. The second-order valence-electron chi connectivity index (χ2n) is 4.37. The Labute approximate surface area is 106 Å². The highest BCUT2D eigenvalue weighted by molar-refractivity contribution is 6.46. The zero-order valence-corrected chi connectivity index (χ0v) is 10.1.